The fraction of sp³-hybridized carbons (Fsp3) is 0.0526. The lowest BCUT2D eigenvalue weighted by Gasteiger charge is -2.10. The number of rotatable bonds is 3. The molecule has 0 bridgehead atoms. The van der Waals surface area contributed by atoms with Gasteiger partial charge in [0, 0.05) is 22.5 Å². The van der Waals surface area contributed by atoms with Crippen LogP contribution in [0.1, 0.15) is 5.69 Å². The number of nitrogens with zero attached hydrogens (tertiary/aromatic N) is 1. The molecule has 130 valence electrons. The molecular formula is C19H13NO5S. The van der Waals surface area contributed by atoms with Crippen molar-refractivity contribution in [2.75, 3.05) is 0 Å². The molecule has 0 aliphatic heterocycles. The van der Waals surface area contributed by atoms with Crippen LogP contribution < -0.4 is 9.81 Å². The number of hydrogen-bond donors (Lipinski definition) is 0. The van der Waals surface area contributed by atoms with Gasteiger partial charge in [-0.2, -0.15) is 8.42 Å². The molecule has 0 radical (unpaired) electrons. The van der Waals surface area contributed by atoms with Crippen LogP contribution in [-0.2, 0) is 10.1 Å². The molecule has 4 rings (SSSR count). The summed E-state index contributed by atoms with van der Waals surface area (Å²) in [5.41, 5.74) is 1.04. The van der Waals surface area contributed by atoms with Crippen LogP contribution in [0.25, 0.3) is 21.9 Å². The highest BCUT2D eigenvalue weighted by Crippen LogP contribution is 2.28. The minimum Gasteiger partial charge on any atom is -0.423 e. The van der Waals surface area contributed by atoms with Crippen LogP contribution in [0.3, 0.4) is 0 Å². The number of hydrogen-bond acceptors (Lipinski definition) is 6. The first-order valence-corrected chi connectivity index (χ1v) is 9.18. The van der Waals surface area contributed by atoms with E-state index < -0.39 is 15.7 Å². The molecule has 7 heteroatoms. The monoisotopic (exact) mass is 367 g/mol. The van der Waals surface area contributed by atoms with Crippen LogP contribution in [0.2, 0.25) is 0 Å². The van der Waals surface area contributed by atoms with E-state index in [0.717, 1.165) is 11.1 Å². The van der Waals surface area contributed by atoms with Gasteiger partial charge in [0.1, 0.15) is 16.0 Å². The normalized spacial score (nSPS) is 11.7. The van der Waals surface area contributed by atoms with E-state index in [-0.39, 0.29) is 10.6 Å². The topological polar surface area (TPSA) is 86.5 Å². The quantitative estimate of drug-likeness (QED) is 0.407. The molecule has 0 aliphatic rings. The minimum absolute atomic E-state index is 0.0384. The van der Waals surface area contributed by atoms with Crippen molar-refractivity contribution in [1.82, 2.24) is 4.98 Å². The van der Waals surface area contributed by atoms with Crippen LogP contribution in [0.5, 0.6) is 5.75 Å². The third-order valence-corrected chi connectivity index (χ3v) is 5.13. The fourth-order valence-corrected chi connectivity index (χ4v) is 3.63. The maximum Gasteiger partial charge on any atom is 0.339 e. The third kappa shape index (κ3) is 2.93. The Hall–Kier alpha value is -3.19. The molecule has 2 aromatic carbocycles. The molecule has 2 heterocycles. The minimum atomic E-state index is -4.08. The molecule has 0 atom stereocenters. The Balaban J connectivity index is 1.79. The van der Waals surface area contributed by atoms with Gasteiger partial charge in [-0.1, -0.05) is 18.2 Å². The SMILES string of the molecule is Cc1ccc2cccc(OS(=O)(=O)c3ccc4oc(=O)ccc4c3)c2n1. The van der Waals surface area contributed by atoms with Crippen LogP contribution in [-0.4, -0.2) is 13.4 Å². The van der Waals surface area contributed by atoms with Crippen LogP contribution >= 0.6 is 0 Å². The second-order valence-corrected chi connectivity index (χ2v) is 7.32. The number of pyridine rings is 1. The number of benzene rings is 2. The highest BCUT2D eigenvalue weighted by atomic mass is 32.2. The maximum atomic E-state index is 12.7. The average Bonchev–Trinajstić information content (AvgIpc) is 2.61. The summed E-state index contributed by atoms with van der Waals surface area (Å²) in [5.74, 6) is 0.158. The molecule has 0 saturated carbocycles. The smallest absolute Gasteiger partial charge is 0.339 e. The Labute approximate surface area is 148 Å². The zero-order valence-corrected chi connectivity index (χ0v) is 14.5. The van der Waals surface area contributed by atoms with Crippen LogP contribution in [0, 0.1) is 6.92 Å². The van der Waals surface area contributed by atoms with E-state index in [1.807, 2.05) is 25.1 Å². The second kappa shape index (κ2) is 5.96. The summed E-state index contributed by atoms with van der Waals surface area (Å²) in [7, 11) is -4.08. The standard InChI is InChI=1S/C19H13NO5S/c1-12-5-6-13-3-2-4-17(19(13)20-12)25-26(22,23)15-8-9-16-14(11-15)7-10-18(21)24-16/h2-11H,1H3. The lowest BCUT2D eigenvalue weighted by atomic mass is 10.2. The predicted molar refractivity (Wildman–Crippen MR) is 96.8 cm³/mol. The highest BCUT2D eigenvalue weighted by molar-refractivity contribution is 7.87. The first-order chi connectivity index (χ1) is 12.4. The number of para-hydroxylation sites is 1. The van der Waals surface area contributed by atoms with E-state index in [0.29, 0.717) is 16.5 Å². The lowest BCUT2D eigenvalue weighted by molar-refractivity contribution is 0.488. The molecular weight excluding hydrogens is 354 g/mol. The zero-order valence-electron chi connectivity index (χ0n) is 13.7. The van der Waals surface area contributed by atoms with E-state index >= 15 is 0 Å². The number of fused-ring (bicyclic) bond motifs is 2. The molecule has 2 aromatic heterocycles. The molecule has 0 unspecified atom stereocenters. The number of aryl methyl sites for hydroxylation is 1. The van der Waals surface area contributed by atoms with E-state index in [1.54, 1.807) is 12.1 Å². The van der Waals surface area contributed by atoms with Gasteiger partial charge in [-0.05, 0) is 43.3 Å². The molecule has 0 saturated heterocycles. The van der Waals surface area contributed by atoms with Gasteiger partial charge in [0.25, 0.3) is 0 Å². The van der Waals surface area contributed by atoms with Gasteiger partial charge < -0.3 is 8.60 Å². The maximum absolute atomic E-state index is 12.7. The second-order valence-electron chi connectivity index (χ2n) is 5.77. The Morgan fingerprint density at radius 2 is 1.77 bits per heavy atom. The Kier molecular flexibility index (Phi) is 3.73. The van der Waals surface area contributed by atoms with Crippen LogP contribution in [0.4, 0.5) is 0 Å². The van der Waals surface area contributed by atoms with Crippen molar-refractivity contribution in [2.24, 2.45) is 0 Å². The Bertz CT molecular complexity index is 1310. The largest absolute Gasteiger partial charge is 0.423 e. The summed E-state index contributed by atoms with van der Waals surface area (Å²) in [5, 5.41) is 1.27. The Morgan fingerprint density at radius 1 is 0.962 bits per heavy atom. The summed E-state index contributed by atoms with van der Waals surface area (Å²) in [6.45, 7) is 1.82. The third-order valence-electron chi connectivity index (χ3n) is 3.90. The van der Waals surface area contributed by atoms with E-state index in [4.69, 9.17) is 8.60 Å². The van der Waals surface area contributed by atoms with Gasteiger partial charge in [-0.3, -0.25) is 0 Å². The molecule has 26 heavy (non-hydrogen) atoms. The fourth-order valence-electron chi connectivity index (χ4n) is 2.66. The van der Waals surface area contributed by atoms with Gasteiger partial charge in [0.2, 0.25) is 0 Å². The summed E-state index contributed by atoms with van der Waals surface area (Å²) in [6.07, 6.45) is 0. The molecule has 0 N–H and O–H groups in total. The predicted octanol–water partition coefficient (Wildman–Crippen LogP) is 3.42. The number of aromatic nitrogens is 1. The van der Waals surface area contributed by atoms with Gasteiger partial charge in [-0.15, -0.1) is 0 Å². The van der Waals surface area contributed by atoms with Crippen molar-refractivity contribution >= 4 is 32.0 Å². The Morgan fingerprint density at radius 3 is 2.62 bits per heavy atom. The summed E-state index contributed by atoms with van der Waals surface area (Å²) in [6, 6.07) is 15.7. The van der Waals surface area contributed by atoms with E-state index in [9.17, 15) is 13.2 Å². The average molecular weight is 367 g/mol. The first kappa shape index (κ1) is 16.3. The van der Waals surface area contributed by atoms with Crippen LogP contribution in [0.15, 0.2) is 74.8 Å². The van der Waals surface area contributed by atoms with Crippen molar-refractivity contribution < 1.29 is 17.0 Å². The van der Waals surface area contributed by atoms with Crippen molar-refractivity contribution in [3.63, 3.8) is 0 Å². The van der Waals surface area contributed by atoms with Gasteiger partial charge in [0.05, 0.1) is 0 Å². The summed E-state index contributed by atoms with van der Waals surface area (Å²) < 4.78 is 35.8. The molecule has 4 aromatic rings. The van der Waals surface area contributed by atoms with Crippen molar-refractivity contribution in [1.29, 1.82) is 0 Å². The first-order valence-electron chi connectivity index (χ1n) is 7.77. The summed E-state index contributed by atoms with van der Waals surface area (Å²) in [4.78, 5) is 15.6. The highest BCUT2D eigenvalue weighted by Gasteiger charge is 2.19. The van der Waals surface area contributed by atoms with Crippen molar-refractivity contribution in [3.05, 3.63) is 76.8 Å². The van der Waals surface area contributed by atoms with Gasteiger partial charge in [0.15, 0.2) is 5.75 Å². The van der Waals surface area contributed by atoms with E-state index in [1.165, 1.54) is 30.3 Å². The van der Waals surface area contributed by atoms with Crippen molar-refractivity contribution in [2.45, 2.75) is 11.8 Å². The zero-order chi connectivity index (χ0) is 18.3. The van der Waals surface area contributed by atoms with Gasteiger partial charge >= 0.3 is 15.7 Å². The van der Waals surface area contributed by atoms with Crippen molar-refractivity contribution in [3.8, 4) is 5.75 Å². The molecule has 0 fully saturated rings. The molecule has 0 amide bonds. The van der Waals surface area contributed by atoms with Gasteiger partial charge in [-0.25, -0.2) is 9.78 Å². The summed E-state index contributed by atoms with van der Waals surface area (Å²) >= 11 is 0. The molecule has 0 aliphatic carbocycles. The van der Waals surface area contributed by atoms with E-state index in [2.05, 4.69) is 4.98 Å². The molecule has 0 spiro atoms. The molecule has 6 nitrogen and oxygen atoms in total. The lowest BCUT2D eigenvalue weighted by Crippen LogP contribution is -2.10.